The van der Waals surface area contributed by atoms with Crippen LogP contribution in [-0.4, -0.2) is 18.3 Å². The Balaban J connectivity index is 1.09. The van der Waals surface area contributed by atoms with Crippen LogP contribution in [0.3, 0.4) is 0 Å². The van der Waals surface area contributed by atoms with Gasteiger partial charge >= 0.3 is 0 Å². The summed E-state index contributed by atoms with van der Waals surface area (Å²) in [7, 11) is 0. The maximum absolute atomic E-state index is 13.3. The maximum atomic E-state index is 13.3. The minimum atomic E-state index is 0.533. The molecule has 0 spiro atoms. The van der Waals surface area contributed by atoms with Crippen LogP contribution in [0, 0.1) is 11.3 Å². The smallest absolute Gasteiger partial charge is 0.104 e. The molecule has 20 rings (SSSR count). The lowest BCUT2D eigenvalue weighted by Crippen LogP contribution is -2.16. The third-order valence-corrected chi connectivity index (χ3v) is 21.8. The van der Waals surface area contributed by atoms with E-state index in [0.29, 0.717) is 5.56 Å². The van der Waals surface area contributed by atoms with Crippen LogP contribution in [0.5, 0.6) is 0 Å². The van der Waals surface area contributed by atoms with E-state index < -0.39 is 0 Å². The third kappa shape index (κ3) is 7.10. The molecule has 5 nitrogen and oxygen atoms in total. The highest BCUT2D eigenvalue weighted by molar-refractivity contribution is 7.27. The molecule has 0 radical (unpaired) electrons. The van der Waals surface area contributed by atoms with Gasteiger partial charge in [0.25, 0.3) is 0 Å². The van der Waals surface area contributed by atoms with Crippen molar-refractivity contribution in [3.63, 3.8) is 0 Å². The second-order valence-corrected chi connectivity index (χ2v) is 26.2. The third-order valence-electron chi connectivity index (χ3n) is 19.4. The number of para-hydroxylation sites is 4. The molecule has 7 heteroatoms. The fourth-order valence-corrected chi connectivity index (χ4v) is 18.1. The Morgan fingerprint density at radius 1 is 0.239 bits per heavy atom. The molecule has 0 aliphatic heterocycles. The molecule has 0 atom stereocenters. The summed E-state index contributed by atoms with van der Waals surface area (Å²) in [6.45, 7) is 0. The van der Waals surface area contributed by atoms with Gasteiger partial charge in [-0.3, -0.25) is 0 Å². The van der Waals surface area contributed by atoms with E-state index in [1.165, 1.54) is 51.1 Å². The van der Waals surface area contributed by atoms with E-state index in [0.717, 1.165) is 133 Å². The largest absolute Gasteiger partial charge is 0.306 e. The molecule has 6 heterocycles. The van der Waals surface area contributed by atoms with Crippen LogP contribution >= 0.6 is 22.7 Å². The number of thiophene rings is 2. The molecular weight excluding hydrogens is 1160 g/mol. The minimum absolute atomic E-state index is 0.533. The van der Waals surface area contributed by atoms with E-state index in [4.69, 9.17) is 0 Å². The van der Waals surface area contributed by atoms with Gasteiger partial charge in [0.1, 0.15) is 11.6 Å². The van der Waals surface area contributed by atoms with E-state index in [9.17, 15) is 5.26 Å². The quantitative estimate of drug-likeness (QED) is 0.157. The van der Waals surface area contributed by atoms with Gasteiger partial charge in [0.05, 0.1) is 66.9 Å². The first-order valence-corrected chi connectivity index (χ1v) is 32.8. The predicted molar refractivity (Wildman–Crippen MR) is 391 cm³/mol. The SMILES string of the molecule is N#Cc1c(-n2c3ccccc3c3ccccc32)c(-n2c3ccc(-c4ccccc4)cc3c3c4sc5ccccc5c4ccc32)c(-c2ccccc2)c(-n2c3ccc(-c4ccccc4)cc3c3c4sc5ccccc5c4ccc32)c1-n1c2ccccc2c2ccccc21. The summed E-state index contributed by atoms with van der Waals surface area (Å²) in [5.74, 6) is 0. The Labute approximate surface area is 535 Å². The van der Waals surface area contributed by atoms with Crippen LogP contribution in [0.15, 0.2) is 297 Å². The topological polar surface area (TPSA) is 43.5 Å². The number of hydrogen-bond donors (Lipinski definition) is 0. The molecular formula is C85H49N5S2. The fourth-order valence-electron chi connectivity index (χ4n) is 15.6. The number of fused-ring (bicyclic) bond motifs is 20. The van der Waals surface area contributed by atoms with Gasteiger partial charge in [-0.15, -0.1) is 22.7 Å². The molecule has 426 valence electrons. The lowest BCUT2D eigenvalue weighted by atomic mass is 9.93. The minimum Gasteiger partial charge on any atom is -0.306 e. The summed E-state index contributed by atoms with van der Waals surface area (Å²) in [5, 5.41) is 27.3. The zero-order valence-corrected chi connectivity index (χ0v) is 51.0. The normalized spacial score (nSPS) is 12.1. The van der Waals surface area contributed by atoms with E-state index in [2.05, 4.69) is 322 Å². The summed E-state index contributed by atoms with van der Waals surface area (Å²) < 4.78 is 14.9. The summed E-state index contributed by atoms with van der Waals surface area (Å²) >= 11 is 3.72. The van der Waals surface area contributed by atoms with Crippen LogP contribution in [-0.2, 0) is 0 Å². The van der Waals surface area contributed by atoms with E-state index >= 15 is 0 Å². The van der Waals surface area contributed by atoms with E-state index in [1.807, 2.05) is 22.7 Å². The van der Waals surface area contributed by atoms with E-state index in [1.54, 1.807) is 0 Å². The Morgan fingerprint density at radius 3 is 0.946 bits per heavy atom. The summed E-state index contributed by atoms with van der Waals surface area (Å²) in [4.78, 5) is 0. The second kappa shape index (κ2) is 19.6. The molecule has 92 heavy (non-hydrogen) atoms. The van der Waals surface area contributed by atoms with Gasteiger partial charge in [0.2, 0.25) is 0 Å². The first-order valence-electron chi connectivity index (χ1n) is 31.2. The zero-order chi connectivity index (χ0) is 60.3. The Morgan fingerprint density at radius 2 is 0.554 bits per heavy atom. The van der Waals surface area contributed by atoms with Crippen molar-refractivity contribution in [2.45, 2.75) is 0 Å². The van der Waals surface area contributed by atoms with Crippen molar-refractivity contribution < 1.29 is 0 Å². The van der Waals surface area contributed by atoms with Crippen molar-refractivity contribution in [1.29, 1.82) is 5.26 Å². The number of aromatic nitrogens is 4. The van der Waals surface area contributed by atoms with Gasteiger partial charge in [0.15, 0.2) is 0 Å². The second-order valence-electron chi connectivity index (χ2n) is 24.1. The molecule has 14 aromatic carbocycles. The van der Waals surface area contributed by atoms with Gasteiger partial charge in [0, 0.05) is 89.0 Å². The molecule has 0 bridgehead atoms. The first kappa shape index (κ1) is 51.1. The lowest BCUT2D eigenvalue weighted by Gasteiger charge is -2.29. The van der Waals surface area contributed by atoms with Crippen molar-refractivity contribution in [3.8, 4) is 62.2 Å². The molecule has 0 N–H and O–H groups in total. The Kier molecular flexibility index (Phi) is 10.9. The van der Waals surface area contributed by atoms with Gasteiger partial charge in [-0.2, -0.15) is 5.26 Å². The van der Waals surface area contributed by atoms with Crippen LogP contribution in [0.1, 0.15) is 5.56 Å². The van der Waals surface area contributed by atoms with Crippen molar-refractivity contribution in [2.75, 3.05) is 0 Å². The van der Waals surface area contributed by atoms with Gasteiger partial charge < -0.3 is 18.3 Å². The number of nitrogens with zero attached hydrogens (tertiary/aromatic N) is 5. The molecule has 0 amide bonds. The summed E-state index contributed by atoms with van der Waals surface area (Å²) in [6, 6.07) is 112. The molecule has 0 aliphatic rings. The first-order chi connectivity index (χ1) is 45.7. The highest BCUT2D eigenvalue weighted by Gasteiger charge is 2.36. The van der Waals surface area contributed by atoms with Crippen molar-refractivity contribution in [2.24, 2.45) is 0 Å². The van der Waals surface area contributed by atoms with Crippen molar-refractivity contribution >= 4 is 150 Å². The van der Waals surface area contributed by atoms with Gasteiger partial charge in [-0.25, -0.2) is 0 Å². The lowest BCUT2D eigenvalue weighted by molar-refractivity contribution is 1.04. The number of rotatable bonds is 7. The number of benzene rings is 14. The standard InChI is InChI=1S/C85H49N5S2/c86-50-66-80(87-67-34-16-10-28-56(67)57-29-11-17-35-68(57)87)82(89-71-44-40-54(51-22-4-1-5-23-51)48-64(71)78-73(89)46-42-62-60-32-14-20-38-75(60)91-84(62)78)77(53-26-8-3-9-27-53)83(81(66)88-69-36-18-12-30-58(69)59-31-13-19-37-70(59)88)90-72-45-41-55(52-24-6-2-7-25-52)49-65(72)79-74(90)47-43-63-61-33-15-21-39-76(61)92-85(63)79/h1-49H. The summed E-state index contributed by atoms with van der Waals surface area (Å²) in [6.07, 6.45) is 0. The molecule has 6 aromatic heterocycles. The number of nitriles is 1. The summed E-state index contributed by atoms with van der Waals surface area (Å²) in [5.41, 5.74) is 18.6. The monoisotopic (exact) mass is 1200 g/mol. The Hall–Kier alpha value is -11.8. The van der Waals surface area contributed by atoms with Crippen LogP contribution in [0.4, 0.5) is 0 Å². The van der Waals surface area contributed by atoms with Crippen molar-refractivity contribution in [1.82, 2.24) is 18.3 Å². The zero-order valence-electron chi connectivity index (χ0n) is 49.3. The predicted octanol–water partition coefficient (Wildman–Crippen LogP) is 23.7. The highest BCUT2D eigenvalue weighted by atomic mass is 32.1. The molecule has 0 fully saturated rings. The molecule has 20 aromatic rings. The molecule has 0 aliphatic carbocycles. The maximum Gasteiger partial charge on any atom is 0.104 e. The van der Waals surface area contributed by atoms with Gasteiger partial charge in [-0.05, 0) is 101 Å². The average molecular weight is 1200 g/mol. The Bertz CT molecular complexity index is 6090. The molecule has 0 saturated carbocycles. The fraction of sp³-hybridized carbons (Fsp3) is 0. The van der Waals surface area contributed by atoms with Crippen LogP contribution in [0.2, 0.25) is 0 Å². The van der Waals surface area contributed by atoms with Gasteiger partial charge in [-0.1, -0.05) is 224 Å². The highest BCUT2D eigenvalue weighted by Crippen LogP contribution is 2.55. The van der Waals surface area contributed by atoms with Crippen molar-refractivity contribution in [3.05, 3.63) is 303 Å². The molecule has 0 unspecified atom stereocenters. The number of hydrogen-bond acceptors (Lipinski definition) is 3. The van der Waals surface area contributed by atoms with Crippen LogP contribution in [0.25, 0.3) is 184 Å². The van der Waals surface area contributed by atoms with E-state index in [-0.39, 0.29) is 0 Å². The molecule has 0 saturated heterocycles. The van der Waals surface area contributed by atoms with Crippen LogP contribution < -0.4 is 0 Å². The average Bonchev–Trinajstić information content (AvgIpc) is 1.46.